The molecule has 7 heteroatoms. The fourth-order valence-electron chi connectivity index (χ4n) is 2.47. The standard InChI is InChI=1S/C16H16N4O3/c1-19-10-17-9-12(19)8-13(15(21)22)18-16(23)20-7-6-11-4-2-3-5-14(11)20/h2-7,9-10,13H,8H2,1H3,(H,18,23)(H,21,22). The van der Waals surface area contributed by atoms with Gasteiger partial charge >= 0.3 is 12.0 Å². The van der Waals surface area contributed by atoms with Gasteiger partial charge in [0.25, 0.3) is 0 Å². The van der Waals surface area contributed by atoms with Crippen molar-refractivity contribution in [2.75, 3.05) is 0 Å². The van der Waals surface area contributed by atoms with E-state index in [1.54, 1.807) is 30.3 Å². The van der Waals surface area contributed by atoms with Gasteiger partial charge in [0, 0.05) is 36.9 Å². The number of benzene rings is 1. The largest absolute Gasteiger partial charge is 0.480 e. The summed E-state index contributed by atoms with van der Waals surface area (Å²) in [4.78, 5) is 27.8. The van der Waals surface area contributed by atoms with Crippen LogP contribution in [0.4, 0.5) is 4.79 Å². The number of aliphatic carboxylic acids is 1. The van der Waals surface area contributed by atoms with Crippen LogP contribution in [0, 0.1) is 0 Å². The lowest BCUT2D eigenvalue weighted by Gasteiger charge is -2.15. The molecular formula is C16H16N4O3. The monoisotopic (exact) mass is 312 g/mol. The number of amides is 1. The molecular weight excluding hydrogens is 296 g/mol. The van der Waals surface area contributed by atoms with Crippen molar-refractivity contribution >= 4 is 22.9 Å². The van der Waals surface area contributed by atoms with Crippen LogP contribution >= 0.6 is 0 Å². The van der Waals surface area contributed by atoms with Gasteiger partial charge in [0.1, 0.15) is 6.04 Å². The maximum absolute atomic E-state index is 12.4. The molecule has 0 aliphatic heterocycles. The number of imidazole rings is 1. The van der Waals surface area contributed by atoms with Crippen LogP contribution in [-0.2, 0) is 18.3 Å². The van der Waals surface area contributed by atoms with Crippen LogP contribution in [0.3, 0.4) is 0 Å². The first-order chi connectivity index (χ1) is 11.1. The molecule has 2 heterocycles. The number of hydrogen-bond donors (Lipinski definition) is 2. The molecule has 2 N–H and O–H groups in total. The molecule has 1 atom stereocenters. The predicted molar refractivity (Wildman–Crippen MR) is 84.2 cm³/mol. The first-order valence-corrected chi connectivity index (χ1v) is 7.11. The summed E-state index contributed by atoms with van der Waals surface area (Å²) in [7, 11) is 1.78. The van der Waals surface area contributed by atoms with E-state index < -0.39 is 18.0 Å². The van der Waals surface area contributed by atoms with Gasteiger partial charge in [-0.1, -0.05) is 18.2 Å². The molecule has 2 aromatic heterocycles. The molecule has 7 nitrogen and oxygen atoms in total. The number of carboxylic acid groups (broad SMARTS) is 1. The van der Waals surface area contributed by atoms with E-state index >= 15 is 0 Å². The molecule has 0 spiro atoms. The second-order valence-corrected chi connectivity index (χ2v) is 5.28. The molecule has 3 rings (SSSR count). The van der Waals surface area contributed by atoms with Gasteiger partial charge in [-0.25, -0.2) is 14.6 Å². The minimum Gasteiger partial charge on any atom is -0.480 e. The van der Waals surface area contributed by atoms with Gasteiger partial charge in [0.15, 0.2) is 0 Å². The zero-order valence-corrected chi connectivity index (χ0v) is 12.5. The number of carbonyl (C=O) groups excluding carboxylic acids is 1. The van der Waals surface area contributed by atoms with Gasteiger partial charge in [0.05, 0.1) is 11.8 Å². The summed E-state index contributed by atoms with van der Waals surface area (Å²) in [5.41, 5.74) is 1.46. The lowest BCUT2D eigenvalue weighted by Crippen LogP contribution is -2.44. The lowest BCUT2D eigenvalue weighted by atomic mass is 10.1. The summed E-state index contributed by atoms with van der Waals surface area (Å²) >= 11 is 0. The molecule has 0 saturated heterocycles. The maximum Gasteiger partial charge on any atom is 0.326 e. The van der Waals surface area contributed by atoms with Crippen LogP contribution in [-0.4, -0.2) is 37.3 Å². The number of para-hydroxylation sites is 1. The van der Waals surface area contributed by atoms with E-state index in [0.717, 1.165) is 16.6 Å². The average molecular weight is 312 g/mol. The molecule has 118 valence electrons. The summed E-state index contributed by atoms with van der Waals surface area (Å²) < 4.78 is 3.14. The Balaban J connectivity index is 1.81. The molecule has 0 radical (unpaired) electrons. The Labute approximate surface area is 132 Å². The molecule has 0 aliphatic rings. The Morgan fingerprint density at radius 2 is 2.09 bits per heavy atom. The molecule has 23 heavy (non-hydrogen) atoms. The SMILES string of the molecule is Cn1cncc1CC(NC(=O)n1ccc2ccccc21)C(=O)O. The number of rotatable bonds is 4. The molecule has 3 aromatic rings. The van der Waals surface area contributed by atoms with E-state index in [2.05, 4.69) is 10.3 Å². The van der Waals surface area contributed by atoms with E-state index in [9.17, 15) is 14.7 Å². The number of fused-ring (bicyclic) bond motifs is 1. The van der Waals surface area contributed by atoms with Gasteiger partial charge in [-0.15, -0.1) is 0 Å². The maximum atomic E-state index is 12.4. The fraction of sp³-hybridized carbons (Fsp3) is 0.188. The zero-order chi connectivity index (χ0) is 16.4. The van der Waals surface area contributed by atoms with Crippen molar-refractivity contribution in [3.8, 4) is 0 Å². The number of aromatic nitrogens is 3. The Morgan fingerprint density at radius 3 is 2.78 bits per heavy atom. The molecule has 1 unspecified atom stereocenters. The molecule has 0 saturated carbocycles. The Morgan fingerprint density at radius 1 is 1.30 bits per heavy atom. The third-order valence-corrected chi connectivity index (χ3v) is 3.74. The summed E-state index contributed by atoms with van der Waals surface area (Å²) in [5, 5.41) is 12.8. The Hall–Kier alpha value is -3.09. The van der Waals surface area contributed by atoms with Gasteiger partial charge < -0.3 is 15.0 Å². The highest BCUT2D eigenvalue weighted by molar-refractivity contribution is 5.93. The van der Waals surface area contributed by atoms with E-state index in [1.165, 1.54) is 4.57 Å². The highest BCUT2D eigenvalue weighted by Gasteiger charge is 2.22. The first-order valence-electron chi connectivity index (χ1n) is 7.11. The highest BCUT2D eigenvalue weighted by Crippen LogP contribution is 2.14. The minimum absolute atomic E-state index is 0.163. The number of nitrogens with zero attached hydrogens (tertiary/aromatic N) is 3. The number of nitrogens with one attached hydrogen (secondary N) is 1. The topological polar surface area (TPSA) is 89.2 Å². The Kier molecular flexibility index (Phi) is 3.84. The third-order valence-electron chi connectivity index (χ3n) is 3.74. The minimum atomic E-state index is -1.09. The zero-order valence-electron chi connectivity index (χ0n) is 12.5. The van der Waals surface area contributed by atoms with Crippen molar-refractivity contribution in [1.29, 1.82) is 0 Å². The van der Waals surface area contributed by atoms with E-state index in [-0.39, 0.29) is 6.42 Å². The van der Waals surface area contributed by atoms with Gasteiger partial charge in [0.2, 0.25) is 0 Å². The van der Waals surface area contributed by atoms with Crippen LogP contribution in [0.15, 0.2) is 49.1 Å². The van der Waals surface area contributed by atoms with Gasteiger partial charge in [-0.05, 0) is 12.1 Å². The van der Waals surface area contributed by atoms with Gasteiger partial charge in [-0.3, -0.25) is 4.57 Å². The molecule has 0 bridgehead atoms. The van der Waals surface area contributed by atoms with Crippen molar-refractivity contribution in [3.63, 3.8) is 0 Å². The summed E-state index contributed by atoms with van der Waals surface area (Å²) in [6, 6.07) is 7.73. The van der Waals surface area contributed by atoms with Crippen molar-refractivity contribution in [3.05, 3.63) is 54.7 Å². The predicted octanol–water partition coefficient (Wildman–Crippen LogP) is 1.63. The summed E-state index contributed by atoms with van der Waals surface area (Å²) in [5.74, 6) is -1.09. The van der Waals surface area contributed by atoms with Crippen LogP contribution in [0.25, 0.3) is 10.9 Å². The number of aryl methyl sites for hydroxylation is 1. The summed E-state index contributed by atoms with van der Waals surface area (Å²) in [6.45, 7) is 0. The summed E-state index contributed by atoms with van der Waals surface area (Å²) in [6.07, 6.45) is 4.97. The van der Waals surface area contributed by atoms with E-state index in [4.69, 9.17) is 0 Å². The normalized spacial score (nSPS) is 12.2. The van der Waals surface area contributed by atoms with E-state index in [1.807, 2.05) is 30.3 Å². The average Bonchev–Trinajstić information content (AvgIpc) is 3.13. The molecule has 0 aliphatic carbocycles. The number of carbonyl (C=O) groups is 2. The van der Waals surface area contributed by atoms with Crippen LogP contribution < -0.4 is 5.32 Å². The van der Waals surface area contributed by atoms with Crippen molar-refractivity contribution in [1.82, 2.24) is 19.4 Å². The fourth-order valence-corrected chi connectivity index (χ4v) is 2.47. The Bertz CT molecular complexity index is 865. The quantitative estimate of drug-likeness (QED) is 0.766. The van der Waals surface area contributed by atoms with Crippen LogP contribution in [0.1, 0.15) is 5.69 Å². The third kappa shape index (κ3) is 2.94. The van der Waals surface area contributed by atoms with Crippen molar-refractivity contribution in [2.45, 2.75) is 12.5 Å². The highest BCUT2D eigenvalue weighted by atomic mass is 16.4. The second-order valence-electron chi connectivity index (χ2n) is 5.28. The van der Waals surface area contributed by atoms with E-state index in [0.29, 0.717) is 0 Å². The molecule has 1 amide bonds. The molecule has 0 fully saturated rings. The lowest BCUT2D eigenvalue weighted by molar-refractivity contribution is -0.139. The molecule has 1 aromatic carbocycles. The number of hydrogen-bond acceptors (Lipinski definition) is 3. The van der Waals surface area contributed by atoms with Crippen molar-refractivity contribution in [2.24, 2.45) is 7.05 Å². The number of carboxylic acids is 1. The second kappa shape index (κ2) is 5.96. The smallest absolute Gasteiger partial charge is 0.326 e. The van der Waals surface area contributed by atoms with Crippen LogP contribution in [0.2, 0.25) is 0 Å². The van der Waals surface area contributed by atoms with Crippen molar-refractivity contribution < 1.29 is 14.7 Å². The van der Waals surface area contributed by atoms with Gasteiger partial charge in [-0.2, -0.15) is 0 Å². The van der Waals surface area contributed by atoms with Crippen LogP contribution in [0.5, 0.6) is 0 Å². The first kappa shape index (κ1) is 14.8.